The molecule has 0 amide bonds. The fourth-order valence-corrected chi connectivity index (χ4v) is 2.62. The van der Waals surface area contributed by atoms with Gasteiger partial charge in [-0.15, -0.1) is 0 Å². The lowest BCUT2D eigenvalue weighted by atomic mass is 10.0. The van der Waals surface area contributed by atoms with Gasteiger partial charge < -0.3 is 15.2 Å². The third-order valence-corrected chi connectivity index (χ3v) is 3.78. The number of nitrogens with zero attached hydrogens (tertiary/aromatic N) is 1. The number of methoxy groups -OCH3 is 2. The Balaban J connectivity index is 3.07. The molecule has 0 aliphatic carbocycles. The predicted octanol–water partition coefficient (Wildman–Crippen LogP) is 2.46. The van der Waals surface area contributed by atoms with E-state index in [-0.39, 0.29) is 23.7 Å². The Hall–Kier alpha value is -0.720. The number of hydrogen-bond donors (Lipinski definition) is 1. The zero-order valence-electron chi connectivity index (χ0n) is 12.8. The lowest BCUT2D eigenvalue weighted by molar-refractivity contribution is 0.0477. The summed E-state index contributed by atoms with van der Waals surface area (Å²) in [5.41, 5.74) is 6.40. The van der Waals surface area contributed by atoms with E-state index in [0.29, 0.717) is 25.3 Å². The molecule has 1 rings (SSSR count). The Bertz CT molecular complexity index is 434. The van der Waals surface area contributed by atoms with Crippen LogP contribution in [-0.4, -0.2) is 51.5 Å². The highest BCUT2D eigenvalue weighted by molar-refractivity contribution is 6.30. The number of ether oxygens (including phenoxy) is 2. The van der Waals surface area contributed by atoms with Crippen molar-refractivity contribution < 1.29 is 13.9 Å². The molecule has 21 heavy (non-hydrogen) atoms. The van der Waals surface area contributed by atoms with Gasteiger partial charge in [-0.2, -0.15) is 0 Å². The number of rotatable bonds is 9. The summed E-state index contributed by atoms with van der Waals surface area (Å²) < 4.78 is 24.6. The highest BCUT2D eigenvalue weighted by Gasteiger charge is 2.26. The first-order valence-corrected chi connectivity index (χ1v) is 7.32. The largest absolute Gasteiger partial charge is 0.383 e. The Labute approximate surface area is 131 Å². The molecule has 1 aromatic carbocycles. The monoisotopic (exact) mass is 318 g/mol. The highest BCUT2D eigenvalue weighted by atomic mass is 35.5. The number of nitrogens with two attached hydrogens (primary N) is 1. The number of hydrogen-bond acceptors (Lipinski definition) is 4. The fourth-order valence-electron chi connectivity index (χ4n) is 2.44. The Morgan fingerprint density at radius 1 is 1.33 bits per heavy atom. The minimum Gasteiger partial charge on any atom is -0.383 e. The van der Waals surface area contributed by atoms with E-state index in [2.05, 4.69) is 4.90 Å². The molecule has 2 unspecified atom stereocenters. The number of halogens is 2. The average Bonchev–Trinajstić information content (AvgIpc) is 2.47. The van der Waals surface area contributed by atoms with Gasteiger partial charge in [0, 0.05) is 38.9 Å². The van der Waals surface area contributed by atoms with E-state index in [1.807, 2.05) is 6.92 Å². The van der Waals surface area contributed by atoms with Gasteiger partial charge in [0.2, 0.25) is 0 Å². The zero-order chi connectivity index (χ0) is 15.8. The van der Waals surface area contributed by atoms with Gasteiger partial charge in [-0.1, -0.05) is 23.7 Å². The highest BCUT2D eigenvalue weighted by Crippen LogP contribution is 2.28. The molecule has 0 fully saturated rings. The molecular weight excluding hydrogens is 295 g/mol. The van der Waals surface area contributed by atoms with Crippen molar-refractivity contribution in [3.8, 4) is 0 Å². The van der Waals surface area contributed by atoms with Gasteiger partial charge in [0.1, 0.15) is 5.82 Å². The van der Waals surface area contributed by atoms with Gasteiger partial charge in [0.05, 0.1) is 24.3 Å². The first-order chi connectivity index (χ1) is 10.1. The molecule has 0 saturated carbocycles. The Morgan fingerprint density at radius 3 is 2.62 bits per heavy atom. The molecule has 1 aromatic rings. The molecular formula is C15H24ClFN2O2. The topological polar surface area (TPSA) is 47.7 Å². The summed E-state index contributed by atoms with van der Waals surface area (Å²) in [5.74, 6) is -0.415. The number of benzene rings is 1. The second-order valence-electron chi connectivity index (χ2n) is 4.93. The van der Waals surface area contributed by atoms with Crippen LogP contribution in [0.5, 0.6) is 0 Å². The maximum atomic E-state index is 14.3. The predicted molar refractivity (Wildman–Crippen MR) is 83.1 cm³/mol. The summed E-state index contributed by atoms with van der Waals surface area (Å²) in [5, 5.41) is 0.108. The van der Waals surface area contributed by atoms with E-state index >= 15 is 0 Å². The Morgan fingerprint density at radius 2 is 2.05 bits per heavy atom. The molecule has 0 bridgehead atoms. The zero-order valence-corrected chi connectivity index (χ0v) is 13.6. The van der Waals surface area contributed by atoms with E-state index in [1.54, 1.807) is 26.4 Å². The van der Waals surface area contributed by atoms with Crippen LogP contribution < -0.4 is 5.73 Å². The van der Waals surface area contributed by atoms with E-state index in [4.69, 9.17) is 26.8 Å². The molecule has 120 valence electrons. The summed E-state index contributed by atoms with van der Waals surface area (Å²) in [4.78, 5) is 2.09. The van der Waals surface area contributed by atoms with Crippen LogP contribution in [0.1, 0.15) is 18.5 Å². The smallest absolute Gasteiger partial charge is 0.146 e. The standard InChI is InChI=1S/C15H24ClFN2O2/c1-11(10-21-3)19(7-8-20-2)14(9-18)12-5-4-6-13(16)15(12)17/h4-6,11,14H,7-10,18H2,1-3H3. The summed E-state index contributed by atoms with van der Waals surface area (Å²) >= 11 is 5.88. The molecule has 0 saturated heterocycles. The summed E-state index contributed by atoms with van der Waals surface area (Å²) in [6.45, 7) is 4.00. The minimum atomic E-state index is -0.415. The van der Waals surface area contributed by atoms with Crippen molar-refractivity contribution >= 4 is 11.6 Å². The van der Waals surface area contributed by atoms with Crippen LogP contribution in [0.4, 0.5) is 4.39 Å². The summed E-state index contributed by atoms with van der Waals surface area (Å²) in [6.07, 6.45) is 0. The van der Waals surface area contributed by atoms with Gasteiger partial charge >= 0.3 is 0 Å². The lowest BCUT2D eigenvalue weighted by Crippen LogP contribution is -2.44. The van der Waals surface area contributed by atoms with Gasteiger partial charge in [0.25, 0.3) is 0 Å². The maximum Gasteiger partial charge on any atom is 0.146 e. The Kier molecular flexibility index (Phi) is 8.14. The van der Waals surface area contributed by atoms with Crippen LogP contribution in [-0.2, 0) is 9.47 Å². The van der Waals surface area contributed by atoms with Gasteiger partial charge in [-0.05, 0) is 13.0 Å². The van der Waals surface area contributed by atoms with Crippen molar-refractivity contribution in [1.29, 1.82) is 0 Å². The molecule has 4 nitrogen and oxygen atoms in total. The molecule has 2 atom stereocenters. The summed E-state index contributed by atoms with van der Waals surface area (Å²) in [7, 11) is 3.28. The second kappa shape index (κ2) is 9.33. The molecule has 0 radical (unpaired) electrons. The SMILES string of the molecule is COCCN(C(C)COC)C(CN)c1cccc(Cl)c1F. The fraction of sp³-hybridized carbons (Fsp3) is 0.600. The molecule has 0 heterocycles. The van der Waals surface area contributed by atoms with Crippen molar-refractivity contribution in [3.63, 3.8) is 0 Å². The average molecular weight is 319 g/mol. The van der Waals surface area contributed by atoms with Crippen LogP contribution >= 0.6 is 11.6 Å². The molecule has 0 aromatic heterocycles. The minimum absolute atomic E-state index is 0.0806. The molecule has 0 aliphatic heterocycles. The first kappa shape index (κ1) is 18.3. The maximum absolute atomic E-state index is 14.3. The van der Waals surface area contributed by atoms with Crippen LogP contribution in [0, 0.1) is 5.82 Å². The quantitative estimate of drug-likeness (QED) is 0.760. The van der Waals surface area contributed by atoms with Crippen molar-refractivity contribution in [1.82, 2.24) is 4.90 Å². The van der Waals surface area contributed by atoms with Crippen LogP contribution in [0.15, 0.2) is 18.2 Å². The van der Waals surface area contributed by atoms with Gasteiger partial charge in [0.15, 0.2) is 0 Å². The molecule has 2 N–H and O–H groups in total. The van der Waals surface area contributed by atoms with E-state index in [0.717, 1.165) is 0 Å². The lowest BCUT2D eigenvalue weighted by Gasteiger charge is -2.36. The first-order valence-electron chi connectivity index (χ1n) is 6.94. The van der Waals surface area contributed by atoms with Crippen molar-refractivity contribution in [3.05, 3.63) is 34.6 Å². The van der Waals surface area contributed by atoms with Crippen molar-refractivity contribution in [2.24, 2.45) is 5.73 Å². The third-order valence-electron chi connectivity index (χ3n) is 3.49. The van der Waals surface area contributed by atoms with Crippen LogP contribution in [0.25, 0.3) is 0 Å². The van der Waals surface area contributed by atoms with Gasteiger partial charge in [-0.3, -0.25) is 4.90 Å². The van der Waals surface area contributed by atoms with E-state index in [9.17, 15) is 4.39 Å². The third kappa shape index (κ3) is 4.90. The van der Waals surface area contributed by atoms with Crippen LogP contribution in [0.2, 0.25) is 5.02 Å². The van der Waals surface area contributed by atoms with Crippen LogP contribution in [0.3, 0.4) is 0 Å². The van der Waals surface area contributed by atoms with Crippen molar-refractivity contribution in [2.45, 2.75) is 19.0 Å². The molecule has 6 heteroatoms. The molecule has 0 aliphatic rings. The van der Waals surface area contributed by atoms with Gasteiger partial charge in [-0.25, -0.2) is 4.39 Å². The normalized spacial score (nSPS) is 14.4. The second-order valence-corrected chi connectivity index (χ2v) is 5.34. The molecule has 0 spiro atoms. The van der Waals surface area contributed by atoms with Crippen molar-refractivity contribution in [2.75, 3.05) is 40.5 Å². The van der Waals surface area contributed by atoms with E-state index < -0.39 is 5.82 Å². The summed E-state index contributed by atoms with van der Waals surface area (Å²) in [6, 6.07) is 4.80. The van der Waals surface area contributed by atoms with E-state index in [1.165, 1.54) is 6.07 Å².